The van der Waals surface area contributed by atoms with E-state index in [1.165, 1.54) is 24.5 Å². The molecule has 0 bridgehead atoms. The van der Waals surface area contributed by atoms with Crippen LogP contribution in [0.1, 0.15) is 5.56 Å². The highest BCUT2D eigenvalue weighted by Crippen LogP contribution is 2.23. The van der Waals surface area contributed by atoms with Gasteiger partial charge in [-0.15, -0.1) is 0 Å². The number of carbonyl (C=O) groups is 2. The molecule has 0 fully saturated rings. The average molecular weight is 414 g/mol. The summed E-state index contributed by atoms with van der Waals surface area (Å²) in [5.74, 6) is -0.866. The van der Waals surface area contributed by atoms with Gasteiger partial charge in [-0.3, -0.25) is 10.1 Å². The molecule has 9 heteroatoms. The van der Waals surface area contributed by atoms with Crippen LogP contribution in [0.2, 0.25) is 10.0 Å². The number of hydrogen-bond acceptors (Lipinski definition) is 4. The zero-order valence-electron chi connectivity index (χ0n) is 11.3. The van der Waals surface area contributed by atoms with Crippen molar-refractivity contribution in [2.24, 2.45) is 0 Å². The monoisotopic (exact) mass is 412 g/mol. The van der Waals surface area contributed by atoms with Crippen molar-refractivity contribution in [1.82, 2.24) is 15.1 Å². The molecule has 0 saturated carbocycles. The van der Waals surface area contributed by atoms with E-state index >= 15 is 0 Å². The lowest BCUT2D eigenvalue weighted by Crippen LogP contribution is -2.35. The number of nitrogens with zero attached hydrogens (tertiary/aromatic N) is 3. The van der Waals surface area contributed by atoms with Crippen LogP contribution in [-0.2, 0) is 4.79 Å². The van der Waals surface area contributed by atoms with Gasteiger partial charge in [0.05, 0.1) is 10.7 Å². The normalized spacial score (nSPS) is 11.0. The molecule has 0 aliphatic carbocycles. The molecule has 2 aromatic rings. The summed E-state index contributed by atoms with van der Waals surface area (Å²) in [5.41, 5.74) is 0.144. The fourth-order valence-corrected chi connectivity index (χ4v) is 2.30. The van der Waals surface area contributed by atoms with Gasteiger partial charge >= 0.3 is 6.03 Å². The SMILES string of the molecule is N#C/C(=C\c1ccc(Cl)cc1Cl)C(=O)NC(=O)n1cc(Br)cn1. The Hall–Kier alpha value is -2.14. The second-order valence-corrected chi connectivity index (χ2v) is 5.96. The molecule has 0 aliphatic heterocycles. The number of amides is 2. The van der Waals surface area contributed by atoms with Crippen molar-refractivity contribution in [1.29, 1.82) is 5.26 Å². The number of benzene rings is 1. The predicted octanol–water partition coefficient (Wildman–Crippen LogP) is 3.64. The van der Waals surface area contributed by atoms with Gasteiger partial charge in [0.25, 0.3) is 5.91 Å². The van der Waals surface area contributed by atoms with E-state index in [9.17, 15) is 9.59 Å². The second kappa shape index (κ2) is 7.42. The highest BCUT2D eigenvalue weighted by molar-refractivity contribution is 9.10. The van der Waals surface area contributed by atoms with Crippen LogP contribution in [0, 0.1) is 11.3 Å². The van der Waals surface area contributed by atoms with E-state index in [2.05, 4.69) is 26.3 Å². The average Bonchev–Trinajstić information content (AvgIpc) is 2.93. The molecule has 0 spiro atoms. The molecule has 0 atom stereocenters. The van der Waals surface area contributed by atoms with Crippen molar-refractivity contribution >= 4 is 57.1 Å². The van der Waals surface area contributed by atoms with Crippen LogP contribution >= 0.6 is 39.1 Å². The number of nitrogens with one attached hydrogen (secondary N) is 1. The Labute approximate surface area is 149 Å². The van der Waals surface area contributed by atoms with Gasteiger partial charge in [-0.1, -0.05) is 29.3 Å². The lowest BCUT2D eigenvalue weighted by molar-refractivity contribution is -0.116. The smallest absolute Gasteiger partial charge is 0.271 e. The largest absolute Gasteiger partial charge is 0.349 e. The number of imide groups is 1. The molecule has 2 amide bonds. The number of rotatable bonds is 2. The number of hydrogen-bond donors (Lipinski definition) is 1. The number of halogens is 3. The van der Waals surface area contributed by atoms with E-state index in [4.69, 9.17) is 28.5 Å². The van der Waals surface area contributed by atoms with Crippen LogP contribution < -0.4 is 5.32 Å². The third-order valence-corrected chi connectivity index (χ3v) is 3.58. The summed E-state index contributed by atoms with van der Waals surface area (Å²) < 4.78 is 1.50. The molecular formula is C14H7BrCl2N4O2. The first-order chi connectivity index (χ1) is 10.9. The molecule has 23 heavy (non-hydrogen) atoms. The molecule has 2 rings (SSSR count). The van der Waals surface area contributed by atoms with Crippen molar-refractivity contribution in [3.05, 3.63) is 56.2 Å². The van der Waals surface area contributed by atoms with E-state index in [-0.39, 0.29) is 10.6 Å². The van der Waals surface area contributed by atoms with Gasteiger partial charge < -0.3 is 0 Å². The molecule has 1 aromatic carbocycles. The van der Waals surface area contributed by atoms with Gasteiger partial charge in [0.2, 0.25) is 0 Å². The minimum absolute atomic E-state index is 0.278. The maximum atomic E-state index is 12.0. The van der Waals surface area contributed by atoms with Gasteiger partial charge in [-0.2, -0.15) is 15.0 Å². The Balaban J connectivity index is 2.20. The van der Waals surface area contributed by atoms with Gasteiger partial charge in [-0.05, 0) is 39.7 Å². The zero-order chi connectivity index (χ0) is 17.0. The lowest BCUT2D eigenvalue weighted by atomic mass is 10.1. The minimum Gasteiger partial charge on any atom is -0.271 e. The topological polar surface area (TPSA) is 87.8 Å². The number of aromatic nitrogens is 2. The molecule has 0 radical (unpaired) electrons. The Bertz CT molecular complexity index is 855. The van der Waals surface area contributed by atoms with Crippen LogP contribution in [0.4, 0.5) is 4.79 Å². The molecule has 1 N–H and O–H groups in total. The Morgan fingerprint density at radius 1 is 1.39 bits per heavy atom. The Morgan fingerprint density at radius 3 is 2.70 bits per heavy atom. The summed E-state index contributed by atoms with van der Waals surface area (Å²) in [6, 6.07) is 5.54. The summed E-state index contributed by atoms with van der Waals surface area (Å²) in [6.45, 7) is 0. The first-order valence-corrected chi connectivity index (χ1v) is 7.58. The van der Waals surface area contributed by atoms with E-state index in [0.29, 0.717) is 15.1 Å². The molecule has 116 valence electrons. The van der Waals surface area contributed by atoms with E-state index in [1.54, 1.807) is 18.2 Å². The summed E-state index contributed by atoms with van der Waals surface area (Å²) in [5, 5.41) is 15.6. The summed E-state index contributed by atoms with van der Waals surface area (Å²) in [7, 11) is 0. The van der Waals surface area contributed by atoms with Crippen molar-refractivity contribution in [3.63, 3.8) is 0 Å². The number of carbonyl (C=O) groups excluding carboxylic acids is 2. The molecular weight excluding hydrogens is 407 g/mol. The van der Waals surface area contributed by atoms with Gasteiger partial charge in [0, 0.05) is 16.2 Å². The van der Waals surface area contributed by atoms with Crippen LogP contribution in [-0.4, -0.2) is 21.7 Å². The van der Waals surface area contributed by atoms with E-state index in [0.717, 1.165) is 4.68 Å². The molecule has 1 aromatic heterocycles. The van der Waals surface area contributed by atoms with Crippen molar-refractivity contribution in [2.45, 2.75) is 0 Å². The highest BCUT2D eigenvalue weighted by atomic mass is 79.9. The van der Waals surface area contributed by atoms with E-state index in [1.807, 2.05) is 0 Å². The third-order valence-electron chi connectivity index (χ3n) is 2.61. The van der Waals surface area contributed by atoms with Crippen molar-refractivity contribution in [2.75, 3.05) is 0 Å². The van der Waals surface area contributed by atoms with Crippen LogP contribution in [0.15, 0.2) is 40.6 Å². The minimum atomic E-state index is -0.866. The predicted molar refractivity (Wildman–Crippen MR) is 88.9 cm³/mol. The van der Waals surface area contributed by atoms with Crippen LogP contribution in [0.25, 0.3) is 6.08 Å². The maximum Gasteiger partial charge on any atom is 0.349 e. The van der Waals surface area contributed by atoms with Crippen molar-refractivity contribution < 1.29 is 9.59 Å². The fraction of sp³-hybridized carbons (Fsp3) is 0. The molecule has 6 nitrogen and oxygen atoms in total. The second-order valence-electron chi connectivity index (χ2n) is 4.20. The quantitative estimate of drug-likeness (QED) is 0.601. The van der Waals surface area contributed by atoms with Crippen LogP contribution in [0.5, 0.6) is 0 Å². The Kier molecular flexibility index (Phi) is 5.55. The van der Waals surface area contributed by atoms with Crippen LogP contribution in [0.3, 0.4) is 0 Å². The summed E-state index contributed by atoms with van der Waals surface area (Å²) >= 11 is 14.9. The number of nitriles is 1. The Morgan fingerprint density at radius 2 is 2.13 bits per heavy atom. The third kappa shape index (κ3) is 4.42. The van der Waals surface area contributed by atoms with Gasteiger partial charge in [-0.25, -0.2) is 4.79 Å². The molecule has 1 heterocycles. The highest BCUT2D eigenvalue weighted by Gasteiger charge is 2.15. The summed E-state index contributed by atoms with van der Waals surface area (Å²) in [4.78, 5) is 23.8. The molecule has 0 aliphatic rings. The van der Waals surface area contributed by atoms with Gasteiger partial charge in [0.15, 0.2) is 0 Å². The molecule has 0 unspecified atom stereocenters. The van der Waals surface area contributed by atoms with E-state index < -0.39 is 11.9 Å². The first kappa shape index (κ1) is 17.2. The van der Waals surface area contributed by atoms with Crippen molar-refractivity contribution in [3.8, 4) is 6.07 Å². The fourth-order valence-electron chi connectivity index (χ4n) is 1.56. The zero-order valence-corrected chi connectivity index (χ0v) is 14.4. The standard InChI is InChI=1S/C14H7BrCl2N4O2/c15-10-6-19-21(7-10)14(23)20-13(22)9(5-18)3-8-1-2-11(16)4-12(8)17/h1-4,6-7H,(H,20,22,23)/b9-3+. The maximum absolute atomic E-state index is 12.0. The first-order valence-electron chi connectivity index (χ1n) is 6.03. The van der Waals surface area contributed by atoms with Gasteiger partial charge in [0.1, 0.15) is 11.6 Å². The lowest BCUT2D eigenvalue weighted by Gasteiger charge is -2.03. The molecule has 0 saturated heterocycles. The summed E-state index contributed by atoms with van der Waals surface area (Å²) in [6.07, 6.45) is 4.02.